The second-order valence-electron chi connectivity index (χ2n) is 4.48. The number of ether oxygens (including phenoxy) is 2. The fraction of sp³-hybridized carbons (Fsp3) is 0.250. The Morgan fingerprint density at radius 1 is 1.10 bits per heavy atom. The minimum atomic E-state index is 0.153. The first-order valence-corrected chi connectivity index (χ1v) is 6.48. The molecule has 3 N–H and O–H groups in total. The van der Waals surface area contributed by atoms with Gasteiger partial charge in [-0.1, -0.05) is 12.1 Å². The molecule has 2 rings (SSSR count). The molecular formula is C16H19NO3. The summed E-state index contributed by atoms with van der Waals surface area (Å²) in [6.07, 6.45) is 0.656. The lowest BCUT2D eigenvalue weighted by Gasteiger charge is -2.11. The number of nitrogens with two attached hydrogens (primary N) is 1. The van der Waals surface area contributed by atoms with Gasteiger partial charge in [0.05, 0.1) is 7.11 Å². The van der Waals surface area contributed by atoms with E-state index in [-0.39, 0.29) is 6.61 Å². The molecule has 0 unspecified atom stereocenters. The van der Waals surface area contributed by atoms with Crippen molar-refractivity contribution < 1.29 is 14.6 Å². The molecule has 2 aromatic carbocycles. The lowest BCUT2D eigenvalue weighted by atomic mass is 10.1. The standard InChI is InChI=1S/C16H19NO3/c1-19-16-7-4-14(17)10-13(16)11-20-15-5-2-12(3-6-15)8-9-18/h2-7,10,18H,8-9,11,17H2,1H3. The van der Waals surface area contributed by atoms with Gasteiger partial charge in [0.2, 0.25) is 0 Å². The maximum absolute atomic E-state index is 8.87. The summed E-state index contributed by atoms with van der Waals surface area (Å²) in [5.74, 6) is 1.53. The molecule has 0 aromatic heterocycles. The predicted octanol–water partition coefficient (Wildman–Crippen LogP) is 2.39. The SMILES string of the molecule is COc1ccc(N)cc1COc1ccc(CCO)cc1. The number of hydrogen-bond donors (Lipinski definition) is 2. The summed E-state index contributed by atoms with van der Waals surface area (Å²) >= 11 is 0. The third-order valence-corrected chi connectivity index (χ3v) is 3.02. The number of methoxy groups -OCH3 is 1. The van der Waals surface area contributed by atoms with Crippen LogP contribution in [0, 0.1) is 0 Å². The molecule has 0 amide bonds. The zero-order valence-corrected chi connectivity index (χ0v) is 11.5. The van der Waals surface area contributed by atoms with Gasteiger partial charge in [-0.25, -0.2) is 0 Å². The highest BCUT2D eigenvalue weighted by Gasteiger charge is 2.04. The molecule has 0 saturated carbocycles. The molecule has 0 bridgehead atoms. The summed E-state index contributed by atoms with van der Waals surface area (Å²) in [4.78, 5) is 0. The number of aliphatic hydroxyl groups excluding tert-OH is 1. The van der Waals surface area contributed by atoms with Crippen LogP contribution in [0.4, 0.5) is 5.69 Å². The van der Waals surface area contributed by atoms with Crippen LogP contribution in [0.2, 0.25) is 0 Å². The van der Waals surface area contributed by atoms with Crippen LogP contribution in [-0.4, -0.2) is 18.8 Å². The summed E-state index contributed by atoms with van der Waals surface area (Å²) in [7, 11) is 1.62. The molecule has 0 aliphatic carbocycles. The molecule has 0 heterocycles. The molecule has 4 heteroatoms. The van der Waals surface area contributed by atoms with Gasteiger partial charge in [0.1, 0.15) is 18.1 Å². The van der Waals surface area contributed by atoms with Crippen molar-refractivity contribution in [3.05, 3.63) is 53.6 Å². The molecule has 20 heavy (non-hydrogen) atoms. The zero-order valence-electron chi connectivity index (χ0n) is 11.5. The highest BCUT2D eigenvalue weighted by atomic mass is 16.5. The second kappa shape index (κ2) is 6.82. The minimum absolute atomic E-state index is 0.153. The van der Waals surface area contributed by atoms with Crippen LogP contribution in [0.25, 0.3) is 0 Å². The van der Waals surface area contributed by atoms with Gasteiger partial charge in [-0.3, -0.25) is 0 Å². The van der Waals surface area contributed by atoms with E-state index in [1.165, 1.54) is 0 Å². The second-order valence-corrected chi connectivity index (χ2v) is 4.48. The highest BCUT2D eigenvalue weighted by molar-refractivity contribution is 5.47. The summed E-state index contributed by atoms with van der Waals surface area (Å²) in [6.45, 7) is 0.550. The maximum Gasteiger partial charge on any atom is 0.125 e. The first-order chi connectivity index (χ1) is 9.72. The largest absolute Gasteiger partial charge is 0.496 e. The number of hydrogen-bond acceptors (Lipinski definition) is 4. The van der Waals surface area contributed by atoms with Gasteiger partial charge in [0, 0.05) is 17.9 Å². The van der Waals surface area contributed by atoms with Crippen molar-refractivity contribution in [2.24, 2.45) is 0 Å². The van der Waals surface area contributed by atoms with Crippen molar-refractivity contribution in [1.29, 1.82) is 0 Å². The van der Waals surface area contributed by atoms with E-state index >= 15 is 0 Å². The Bertz CT molecular complexity index is 552. The maximum atomic E-state index is 8.87. The van der Waals surface area contributed by atoms with Crippen molar-refractivity contribution in [3.8, 4) is 11.5 Å². The van der Waals surface area contributed by atoms with Crippen LogP contribution >= 0.6 is 0 Å². The van der Waals surface area contributed by atoms with Crippen LogP contribution < -0.4 is 15.2 Å². The van der Waals surface area contributed by atoms with Crippen LogP contribution in [-0.2, 0) is 13.0 Å². The molecule has 0 spiro atoms. The van der Waals surface area contributed by atoms with Gasteiger partial charge in [0.15, 0.2) is 0 Å². The molecule has 2 aromatic rings. The average molecular weight is 273 g/mol. The Morgan fingerprint density at radius 2 is 1.85 bits per heavy atom. The lowest BCUT2D eigenvalue weighted by molar-refractivity contribution is 0.295. The van der Waals surface area contributed by atoms with Gasteiger partial charge in [-0.15, -0.1) is 0 Å². The Hall–Kier alpha value is -2.20. The van der Waals surface area contributed by atoms with Crippen molar-refractivity contribution in [1.82, 2.24) is 0 Å². The van der Waals surface area contributed by atoms with Crippen LogP contribution in [0.3, 0.4) is 0 Å². The van der Waals surface area contributed by atoms with Crippen molar-refractivity contribution in [3.63, 3.8) is 0 Å². The summed E-state index contributed by atoms with van der Waals surface area (Å²) < 4.78 is 11.0. The lowest BCUT2D eigenvalue weighted by Crippen LogP contribution is -2.00. The van der Waals surface area contributed by atoms with Gasteiger partial charge in [0.25, 0.3) is 0 Å². The Labute approximate surface area is 118 Å². The smallest absolute Gasteiger partial charge is 0.125 e. The van der Waals surface area contributed by atoms with Gasteiger partial charge >= 0.3 is 0 Å². The quantitative estimate of drug-likeness (QED) is 0.793. The molecule has 0 aliphatic rings. The molecule has 106 valence electrons. The molecule has 0 fully saturated rings. The third-order valence-electron chi connectivity index (χ3n) is 3.02. The van der Waals surface area contributed by atoms with Crippen LogP contribution in [0.1, 0.15) is 11.1 Å². The monoisotopic (exact) mass is 273 g/mol. The van der Waals surface area contributed by atoms with E-state index in [1.54, 1.807) is 13.2 Å². The van der Waals surface area contributed by atoms with E-state index < -0.39 is 0 Å². The normalized spacial score (nSPS) is 10.3. The van der Waals surface area contributed by atoms with E-state index in [0.29, 0.717) is 18.7 Å². The number of rotatable bonds is 6. The Balaban J connectivity index is 2.02. The molecule has 0 radical (unpaired) electrons. The molecule has 4 nitrogen and oxygen atoms in total. The average Bonchev–Trinajstić information content (AvgIpc) is 2.47. The van der Waals surface area contributed by atoms with E-state index in [0.717, 1.165) is 22.6 Å². The minimum Gasteiger partial charge on any atom is -0.496 e. The summed E-state index contributed by atoms with van der Waals surface area (Å²) in [5.41, 5.74) is 8.45. The van der Waals surface area contributed by atoms with Crippen molar-refractivity contribution in [2.45, 2.75) is 13.0 Å². The van der Waals surface area contributed by atoms with Crippen molar-refractivity contribution in [2.75, 3.05) is 19.5 Å². The molecule has 0 saturated heterocycles. The number of anilines is 1. The van der Waals surface area contributed by atoms with E-state index in [1.807, 2.05) is 36.4 Å². The third kappa shape index (κ3) is 3.65. The highest BCUT2D eigenvalue weighted by Crippen LogP contribution is 2.23. The van der Waals surface area contributed by atoms with E-state index in [2.05, 4.69) is 0 Å². The fourth-order valence-electron chi connectivity index (χ4n) is 1.95. The number of aliphatic hydroxyl groups is 1. The first-order valence-electron chi connectivity index (χ1n) is 6.48. The molecule has 0 atom stereocenters. The number of nitrogen functional groups attached to an aromatic ring is 1. The van der Waals surface area contributed by atoms with E-state index in [9.17, 15) is 0 Å². The van der Waals surface area contributed by atoms with Crippen LogP contribution in [0.15, 0.2) is 42.5 Å². The van der Waals surface area contributed by atoms with Crippen LogP contribution in [0.5, 0.6) is 11.5 Å². The van der Waals surface area contributed by atoms with Gasteiger partial charge < -0.3 is 20.3 Å². The summed E-state index contributed by atoms with van der Waals surface area (Å²) in [6, 6.07) is 13.2. The predicted molar refractivity (Wildman–Crippen MR) is 79.0 cm³/mol. The van der Waals surface area contributed by atoms with Gasteiger partial charge in [-0.2, -0.15) is 0 Å². The topological polar surface area (TPSA) is 64.7 Å². The van der Waals surface area contributed by atoms with Gasteiger partial charge in [-0.05, 0) is 42.3 Å². The zero-order chi connectivity index (χ0) is 14.4. The Kier molecular flexibility index (Phi) is 4.85. The molecular weight excluding hydrogens is 254 g/mol. The van der Waals surface area contributed by atoms with Crippen molar-refractivity contribution >= 4 is 5.69 Å². The number of benzene rings is 2. The van der Waals surface area contributed by atoms with E-state index in [4.69, 9.17) is 20.3 Å². The summed E-state index contributed by atoms with van der Waals surface area (Å²) in [5, 5.41) is 8.87. The first kappa shape index (κ1) is 14.2. The molecule has 0 aliphatic heterocycles. The Morgan fingerprint density at radius 3 is 2.50 bits per heavy atom. The fourth-order valence-corrected chi connectivity index (χ4v) is 1.95.